The second-order valence-corrected chi connectivity index (χ2v) is 5.87. The lowest BCUT2D eigenvalue weighted by Crippen LogP contribution is -2.19. The van der Waals surface area contributed by atoms with Gasteiger partial charge in [0.1, 0.15) is 0 Å². The Balaban J connectivity index is 2.51. The summed E-state index contributed by atoms with van der Waals surface area (Å²) in [6.45, 7) is 0. The van der Waals surface area contributed by atoms with Crippen LogP contribution in [0.5, 0.6) is 0 Å². The van der Waals surface area contributed by atoms with E-state index in [0.29, 0.717) is 10.0 Å². The fourth-order valence-corrected chi connectivity index (χ4v) is 3.13. The third kappa shape index (κ3) is 3.21. The van der Waals surface area contributed by atoms with Gasteiger partial charge in [-0.2, -0.15) is 13.2 Å². The minimum Gasteiger partial charge on any atom is -0.320 e. The van der Waals surface area contributed by atoms with Crippen LogP contribution in [0.3, 0.4) is 0 Å². The molecule has 0 spiro atoms. The topological polar surface area (TPSA) is 38.9 Å². The zero-order chi connectivity index (χ0) is 14.9. The zero-order valence-corrected chi connectivity index (χ0v) is 13.1. The van der Waals surface area contributed by atoms with E-state index >= 15 is 0 Å². The van der Waals surface area contributed by atoms with Crippen LogP contribution < -0.4 is 5.73 Å². The van der Waals surface area contributed by atoms with Gasteiger partial charge in [-0.1, -0.05) is 37.9 Å². The number of nitrogens with zero attached hydrogens (tertiary/aromatic N) is 1. The molecule has 2 rings (SSSR count). The van der Waals surface area contributed by atoms with E-state index in [0.717, 1.165) is 22.9 Å². The average molecular weight is 410 g/mol. The lowest BCUT2D eigenvalue weighted by atomic mass is 9.97. The highest BCUT2D eigenvalue weighted by Gasteiger charge is 2.35. The molecular formula is C13H9Br2F3N2. The summed E-state index contributed by atoms with van der Waals surface area (Å²) in [4.78, 5) is 3.75. The summed E-state index contributed by atoms with van der Waals surface area (Å²) in [6, 6.07) is 5.15. The summed E-state index contributed by atoms with van der Waals surface area (Å²) in [7, 11) is 0. The van der Waals surface area contributed by atoms with Crippen molar-refractivity contribution in [3.63, 3.8) is 0 Å². The summed E-state index contributed by atoms with van der Waals surface area (Å²) in [5, 5.41) is 0. The van der Waals surface area contributed by atoms with Gasteiger partial charge in [0.05, 0.1) is 11.6 Å². The van der Waals surface area contributed by atoms with E-state index in [2.05, 4.69) is 36.8 Å². The number of alkyl halides is 3. The van der Waals surface area contributed by atoms with Crippen molar-refractivity contribution in [2.45, 2.75) is 12.2 Å². The Morgan fingerprint density at radius 1 is 1.10 bits per heavy atom. The molecule has 1 aromatic heterocycles. The fourth-order valence-electron chi connectivity index (χ4n) is 1.83. The molecule has 0 bridgehead atoms. The summed E-state index contributed by atoms with van der Waals surface area (Å²) in [5.41, 5.74) is 5.72. The maximum atomic E-state index is 13.0. The number of hydrogen-bond acceptors (Lipinski definition) is 2. The third-order valence-corrected chi connectivity index (χ3v) is 3.97. The van der Waals surface area contributed by atoms with Gasteiger partial charge in [-0.3, -0.25) is 4.98 Å². The predicted molar refractivity (Wildman–Crippen MR) is 77.1 cm³/mol. The smallest absolute Gasteiger partial charge is 0.320 e. The second-order valence-electron chi connectivity index (χ2n) is 4.10. The first-order chi connectivity index (χ1) is 9.30. The fraction of sp³-hybridized carbons (Fsp3) is 0.154. The Labute approximate surface area is 130 Å². The molecule has 0 aliphatic rings. The summed E-state index contributed by atoms with van der Waals surface area (Å²) >= 11 is 6.59. The lowest BCUT2D eigenvalue weighted by molar-refractivity contribution is -0.138. The molecule has 2 nitrogen and oxygen atoms in total. The number of aromatic nitrogens is 1. The number of nitrogens with two attached hydrogens (primary N) is 1. The largest absolute Gasteiger partial charge is 0.416 e. The Bertz CT molecular complexity index is 629. The maximum Gasteiger partial charge on any atom is 0.416 e. The monoisotopic (exact) mass is 408 g/mol. The highest BCUT2D eigenvalue weighted by Crippen LogP contribution is 2.37. The van der Waals surface area contributed by atoms with Gasteiger partial charge in [0.2, 0.25) is 0 Å². The molecule has 1 heterocycles. The molecule has 1 aromatic carbocycles. The third-order valence-electron chi connectivity index (χ3n) is 2.79. The zero-order valence-electron chi connectivity index (χ0n) is 9.96. The van der Waals surface area contributed by atoms with Gasteiger partial charge in [0, 0.05) is 26.9 Å². The van der Waals surface area contributed by atoms with Crippen molar-refractivity contribution in [1.29, 1.82) is 0 Å². The SMILES string of the molecule is NC(c1ccc(Br)cc1Br)c1cnccc1C(F)(F)F. The van der Waals surface area contributed by atoms with Crippen molar-refractivity contribution in [3.05, 3.63) is 62.3 Å². The maximum absolute atomic E-state index is 13.0. The molecule has 2 N–H and O–H groups in total. The number of rotatable bonds is 2. The first-order valence-corrected chi connectivity index (χ1v) is 7.11. The highest BCUT2D eigenvalue weighted by molar-refractivity contribution is 9.11. The van der Waals surface area contributed by atoms with E-state index in [1.807, 2.05) is 0 Å². The molecule has 7 heteroatoms. The van der Waals surface area contributed by atoms with Crippen molar-refractivity contribution in [3.8, 4) is 0 Å². The number of hydrogen-bond donors (Lipinski definition) is 1. The molecule has 106 valence electrons. The number of pyridine rings is 1. The first kappa shape index (κ1) is 15.5. The average Bonchev–Trinajstić information content (AvgIpc) is 2.37. The quantitative estimate of drug-likeness (QED) is 0.782. The first-order valence-electron chi connectivity index (χ1n) is 5.52. The molecule has 0 aliphatic heterocycles. The molecule has 0 aliphatic carbocycles. The molecule has 0 radical (unpaired) electrons. The Hall–Kier alpha value is -0.920. The molecule has 0 fully saturated rings. The van der Waals surface area contributed by atoms with Crippen LogP contribution in [-0.2, 0) is 6.18 Å². The molecule has 20 heavy (non-hydrogen) atoms. The Morgan fingerprint density at radius 3 is 2.40 bits per heavy atom. The van der Waals surface area contributed by atoms with Crippen LogP contribution in [0, 0.1) is 0 Å². The van der Waals surface area contributed by atoms with Crippen LogP contribution in [0.2, 0.25) is 0 Å². The van der Waals surface area contributed by atoms with Gasteiger partial charge in [-0.15, -0.1) is 0 Å². The number of benzene rings is 1. The molecule has 1 unspecified atom stereocenters. The van der Waals surface area contributed by atoms with E-state index in [4.69, 9.17) is 5.73 Å². The number of halogens is 5. The standard InChI is InChI=1S/C13H9Br2F3N2/c14-7-1-2-8(11(15)5-7)12(19)9-6-20-4-3-10(9)13(16,17)18/h1-6,12H,19H2. The van der Waals surface area contributed by atoms with Crippen LogP contribution in [0.1, 0.15) is 22.7 Å². The van der Waals surface area contributed by atoms with Gasteiger partial charge in [0.15, 0.2) is 0 Å². The minimum absolute atomic E-state index is 0.0528. The van der Waals surface area contributed by atoms with Crippen molar-refractivity contribution in [2.75, 3.05) is 0 Å². The molecule has 0 saturated heterocycles. The van der Waals surface area contributed by atoms with Crippen LogP contribution in [0.15, 0.2) is 45.6 Å². The van der Waals surface area contributed by atoms with Gasteiger partial charge in [0.25, 0.3) is 0 Å². The van der Waals surface area contributed by atoms with Crippen molar-refractivity contribution in [2.24, 2.45) is 5.73 Å². The van der Waals surface area contributed by atoms with Crippen LogP contribution >= 0.6 is 31.9 Å². The van der Waals surface area contributed by atoms with E-state index in [9.17, 15) is 13.2 Å². The highest BCUT2D eigenvalue weighted by atomic mass is 79.9. The van der Waals surface area contributed by atoms with E-state index in [-0.39, 0.29) is 5.56 Å². The van der Waals surface area contributed by atoms with Gasteiger partial charge < -0.3 is 5.73 Å². The second kappa shape index (κ2) is 5.83. The van der Waals surface area contributed by atoms with E-state index < -0.39 is 17.8 Å². The molecule has 0 saturated carbocycles. The lowest BCUT2D eigenvalue weighted by Gasteiger charge is -2.19. The van der Waals surface area contributed by atoms with E-state index in [1.54, 1.807) is 18.2 Å². The van der Waals surface area contributed by atoms with Crippen molar-refractivity contribution in [1.82, 2.24) is 4.98 Å². The molecular weight excluding hydrogens is 401 g/mol. The van der Waals surface area contributed by atoms with E-state index in [1.165, 1.54) is 0 Å². The van der Waals surface area contributed by atoms with Crippen molar-refractivity contribution < 1.29 is 13.2 Å². The summed E-state index contributed by atoms with van der Waals surface area (Å²) in [5.74, 6) is 0. The molecule has 1 atom stereocenters. The molecule has 2 aromatic rings. The minimum atomic E-state index is -4.46. The Morgan fingerprint density at radius 2 is 1.80 bits per heavy atom. The van der Waals surface area contributed by atoms with Crippen LogP contribution in [0.4, 0.5) is 13.2 Å². The van der Waals surface area contributed by atoms with Crippen LogP contribution in [0.25, 0.3) is 0 Å². The molecule has 0 amide bonds. The predicted octanol–water partition coefficient (Wildman–Crippen LogP) is 4.67. The summed E-state index contributed by atoms with van der Waals surface area (Å²) in [6.07, 6.45) is -2.20. The Kier molecular flexibility index (Phi) is 4.51. The van der Waals surface area contributed by atoms with Crippen LogP contribution in [-0.4, -0.2) is 4.98 Å². The summed E-state index contributed by atoms with van der Waals surface area (Å²) < 4.78 is 40.4. The van der Waals surface area contributed by atoms with Gasteiger partial charge in [-0.05, 0) is 23.8 Å². The normalized spacial score (nSPS) is 13.3. The van der Waals surface area contributed by atoms with Gasteiger partial charge >= 0.3 is 6.18 Å². The van der Waals surface area contributed by atoms with Gasteiger partial charge in [-0.25, -0.2) is 0 Å². The van der Waals surface area contributed by atoms with Crippen molar-refractivity contribution >= 4 is 31.9 Å².